The lowest BCUT2D eigenvalue weighted by molar-refractivity contribution is -0.132. The second-order valence-corrected chi connectivity index (χ2v) is 9.21. The van der Waals surface area contributed by atoms with Crippen molar-refractivity contribution in [2.75, 3.05) is 26.2 Å². The van der Waals surface area contributed by atoms with Gasteiger partial charge in [0.15, 0.2) is 0 Å². The second kappa shape index (κ2) is 7.36. The molecule has 2 aliphatic rings. The summed E-state index contributed by atoms with van der Waals surface area (Å²) < 4.78 is 2.07. The number of hydrogen-bond acceptors (Lipinski definition) is 5. The standard InChI is InChI=1S/C20H29N5OS/c1-15(2)25-11-17(19-22-21-14-23(19)3)20(13-25)5-7-24(8-6-20)18(26)10-16-4-9-27-12-16/h4,9,12,14-15,17H,5-8,10-11,13H2,1-3H3. The number of rotatable bonds is 4. The average Bonchev–Trinajstić information content (AvgIpc) is 3.37. The van der Waals surface area contributed by atoms with Crippen LogP contribution in [0.4, 0.5) is 0 Å². The molecule has 0 radical (unpaired) electrons. The highest BCUT2D eigenvalue weighted by molar-refractivity contribution is 7.08. The third kappa shape index (κ3) is 3.55. The van der Waals surface area contributed by atoms with Crippen molar-refractivity contribution in [3.63, 3.8) is 0 Å². The maximum atomic E-state index is 12.7. The number of amides is 1. The second-order valence-electron chi connectivity index (χ2n) is 8.43. The number of likely N-dealkylation sites (tertiary alicyclic amines) is 2. The van der Waals surface area contributed by atoms with Crippen molar-refractivity contribution in [1.82, 2.24) is 24.6 Å². The maximum absolute atomic E-state index is 12.7. The van der Waals surface area contributed by atoms with Crippen LogP contribution in [-0.2, 0) is 18.3 Å². The molecule has 27 heavy (non-hydrogen) atoms. The van der Waals surface area contributed by atoms with Crippen molar-refractivity contribution < 1.29 is 4.79 Å². The summed E-state index contributed by atoms with van der Waals surface area (Å²) in [6, 6.07) is 2.58. The molecular weight excluding hydrogens is 358 g/mol. The van der Waals surface area contributed by atoms with Crippen LogP contribution < -0.4 is 0 Å². The topological polar surface area (TPSA) is 54.3 Å². The summed E-state index contributed by atoms with van der Waals surface area (Å²) in [4.78, 5) is 17.3. The van der Waals surface area contributed by atoms with Gasteiger partial charge in [0.2, 0.25) is 5.91 Å². The minimum Gasteiger partial charge on any atom is -0.342 e. The highest BCUT2D eigenvalue weighted by Crippen LogP contribution is 2.49. The summed E-state index contributed by atoms with van der Waals surface area (Å²) in [6.45, 7) is 8.37. The number of hydrogen-bond donors (Lipinski definition) is 0. The molecule has 146 valence electrons. The number of aromatic nitrogens is 3. The Morgan fingerprint density at radius 1 is 1.37 bits per heavy atom. The Morgan fingerprint density at radius 2 is 2.15 bits per heavy atom. The third-order valence-electron chi connectivity index (χ3n) is 6.51. The van der Waals surface area contributed by atoms with E-state index in [1.165, 1.54) is 0 Å². The molecule has 1 unspecified atom stereocenters. The molecule has 2 fully saturated rings. The lowest BCUT2D eigenvalue weighted by atomic mass is 9.70. The molecule has 2 aromatic heterocycles. The summed E-state index contributed by atoms with van der Waals surface area (Å²) in [5.74, 6) is 1.75. The van der Waals surface area contributed by atoms with Gasteiger partial charge in [-0.3, -0.25) is 9.69 Å². The quantitative estimate of drug-likeness (QED) is 0.809. The van der Waals surface area contributed by atoms with Crippen LogP contribution in [0.1, 0.15) is 44.0 Å². The van der Waals surface area contributed by atoms with E-state index in [4.69, 9.17) is 0 Å². The minimum absolute atomic E-state index is 0.199. The Morgan fingerprint density at radius 3 is 2.74 bits per heavy atom. The summed E-state index contributed by atoms with van der Waals surface area (Å²) in [7, 11) is 2.04. The summed E-state index contributed by atoms with van der Waals surface area (Å²) >= 11 is 1.66. The van der Waals surface area contributed by atoms with Gasteiger partial charge in [0, 0.05) is 45.2 Å². The van der Waals surface area contributed by atoms with Crippen LogP contribution in [0, 0.1) is 5.41 Å². The molecule has 2 saturated heterocycles. The van der Waals surface area contributed by atoms with E-state index in [0.29, 0.717) is 18.4 Å². The number of carbonyl (C=O) groups excluding carboxylic acids is 1. The Hall–Kier alpha value is -1.73. The lowest BCUT2D eigenvalue weighted by Gasteiger charge is -2.42. The van der Waals surface area contributed by atoms with Gasteiger partial charge in [0.25, 0.3) is 0 Å². The predicted molar refractivity (Wildman–Crippen MR) is 107 cm³/mol. The minimum atomic E-state index is 0.199. The molecule has 0 aliphatic carbocycles. The number of aryl methyl sites for hydroxylation is 1. The van der Waals surface area contributed by atoms with E-state index in [2.05, 4.69) is 49.9 Å². The predicted octanol–water partition coefficient (Wildman–Crippen LogP) is 2.54. The molecule has 0 bridgehead atoms. The summed E-state index contributed by atoms with van der Waals surface area (Å²) in [5.41, 5.74) is 1.33. The first-order valence-electron chi connectivity index (χ1n) is 9.85. The van der Waals surface area contributed by atoms with Crippen molar-refractivity contribution in [3.8, 4) is 0 Å². The van der Waals surface area contributed by atoms with Crippen molar-refractivity contribution in [1.29, 1.82) is 0 Å². The van der Waals surface area contributed by atoms with E-state index in [9.17, 15) is 4.79 Å². The molecule has 0 N–H and O–H groups in total. The molecule has 7 heteroatoms. The van der Waals surface area contributed by atoms with Crippen LogP contribution in [0.15, 0.2) is 23.2 Å². The van der Waals surface area contributed by atoms with Crippen LogP contribution >= 0.6 is 11.3 Å². The van der Waals surface area contributed by atoms with Crippen LogP contribution in [0.5, 0.6) is 0 Å². The molecule has 0 saturated carbocycles. The first-order valence-corrected chi connectivity index (χ1v) is 10.8. The van der Waals surface area contributed by atoms with Crippen LogP contribution in [0.25, 0.3) is 0 Å². The van der Waals surface area contributed by atoms with Crippen LogP contribution in [0.2, 0.25) is 0 Å². The van der Waals surface area contributed by atoms with Gasteiger partial charge in [-0.15, -0.1) is 10.2 Å². The largest absolute Gasteiger partial charge is 0.342 e. The van der Waals surface area contributed by atoms with Gasteiger partial charge in [-0.05, 0) is 54.5 Å². The van der Waals surface area contributed by atoms with Gasteiger partial charge in [-0.1, -0.05) is 0 Å². The highest BCUT2D eigenvalue weighted by Gasteiger charge is 2.51. The van der Waals surface area contributed by atoms with Gasteiger partial charge < -0.3 is 9.47 Å². The van der Waals surface area contributed by atoms with Gasteiger partial charge in [0.1, 0.15) is 12.2 Å². The zero-order chi connectivity index (χ0) is 19.0. The molecule has 6 nitrogen and oxygen atoms in total. The van der Waals surface area contributed by atoms with Gasteiger partial charge in [0.05, 0.1) is 6.42 Å². The highest BCUT2D eigenvalue weighted by atomic mass is 32.1. The summed E-state index contributed by atoms with van der Waals surface area (Å²) in [5, 5.41) is 12.7. The maximum Gasteiger partial charge on any atom is 0.227 e. The molecule has 1 spiro atoms. The zero-order valence-corrected chi connectivity index (χ0v) is 17.3. The van der Waals surface area contributed by atoms with E-state index >= 15 is 0 Å². The number of carbonyl (C=O) groups is 1. The molecule has 2 aliphatic heterocycles. The molecular formula is C20H29N5OS. The summed E-state index contributed by atoms with van der Waals surface area (Å²) in [6.07, 6.45) is 4.42. The van der Waals surface area contributed by atoms with Gasteiger partial charge in [-0.25, -0.2) is 0 Å². The van der Waals surface area contributed by atoms with Crippen LogP contribution in [0.3, 0.4) is 0 Å². The Balaban J connectivity index is 1.49. The lowest BCUT2D eigenvalue weighted by Crippen LogP contribution is -2.47. The van der Waals surface area contributed by atoms with E-state index in [0.717, 1.165) is 50.4 Å². The first kappa shape index (κ1) is 18.6. The van der Waals surface area contributed by atoms with E-state index in [1.54, 1.807) is 17.7 Å². The molecule has 1 amide bonds. The first-order chi connectivity index (χ1) is 13.0. The van der Waals surface area contributed by atoms with Crippen molar-refractivity contribution in [2.45, 2.75) is 45.1 Å². The monoisotopic (exact) mass is 387 g/mol. The van der Waals surface area contributed by atoms with E-state index < -0.39 is 0 Å². The Labute approximate surface area is 165 Å². The van der Waals surface area contributed by atoms with E-state index in [-0.39, 0.29) is 11.3 Å². The molecule has 1 atom stereocenters. The molecule has 4 rings (SSSR count). The van der Waals surface area contributed by atoms with Crippen molar-refractivity contribution >= 4 is 17.2 Å². The number of nitrogens with zero attached hydrogens (tertiary/aromatic N) is 5. The average molecular weight is 388 g/mol. The Bertz CT molecular complexity index is 776. The SMILES string of the molecule is CC(C)N1CC(c2nncn2C)C2(CCN(C(=O)Cc3ccsc3)CC2)C1. The van der Waals surface area contributed by atoms with Gasteiger partial charge >= 0.3 is 0 Å². The van der Waals surface area contributed by atoms with Crippen molar-refractivity contribution in [3.05, 3.63) is 34.5 Å². The van der Waals surface area contributed by atoms with Gasteiger partial charge in [-0.2, -0.15) is 11.3 Å². The zero-order valence-electron chi connectivity index (χ0n) is 16.5. The third-order valence-corrected chi connectivity index (χ3v) is 7.24. The number of thiophene rings is 1. The smallest absolute Gasteiger partial charge is 0.227 e. The fourth-order valence-corrected chi connectivity index (χ4v) is 5.42. The molecule has 0 aromatic carbocycles. The molecule has 4 heterocycles. The fourth-order valence-electron chi connectivity index (χ4n) is 4.75. The normalized spacial score (nSPS) is 22.8. The molecule has 2 aromatic rings. The number of piperidine rings is 1. The Kier molecular flexibility index (Phi) is 5.07. The fraction of sp³-hybridized carbons (Fsp3) is 0.650. The van der Waals surface area contributed by atoms with E-state index in [1.807, 2.05) is 12.4 Å². The van der Waals surface area contributed by atoms with Crippen LogP contribution in [-0.4, -0.2) is 62.7 Å². The van der Waals surface area contributed by atoms with Crippen molar-refractivity contribution in [2.24, 2.45) is 12.5 Å².